The fourth-order valence-corrected chi connectivity index (χ4v) is 3.28. The molecule has 0 aromatic heterocycles. The van der Waals surface area contributed by atoms with E-state index in [1.54, 1.807) is 0 Å². The highest BCUT2D eigenvalue weighted by atomic mass is 16.3. The molecule has 0 unspecified atom stereocenters. The lowest BCUT2D eigenvalue weighted by Gasteiger charge is -2.46. The monoisotopic (exact) mass is 226 g/mol. The van der Waals surface area contributed by atoms with E-state index in [1.807, 2.05) is 0 Å². The Morgan fingerprint density at radius 3 is 2.06 bits per heavy atom. The van der Waals surface area contributed by atoms with E-state index in [0.29, 0.717) is 6.61 Å². The summed E-state index contributed by atoms with van der Waals surface area (Å²) in [7, 11) is 0. The minimum absolute atomic E-state index is 0.114. The van der Waals surface area contributed by atoms with Crippen LogP contribution in [0.4, 0.5) is 0 Å². The predicted molar refractivity (Wildman–Crippen MR) is 66.6 cm³/mol. The van der Waals surface area contributed by atoms with Crippen LogP contribution >= 0.6 is 0 Å². The average Bonchev–Trinajstić information content (AvgIpc) is 2.31. The molecule has 0 aromatic carbocycles. The maximum absolute atomic E-state index is 9.85. The van der Waals surface area contributed by atoms with Crippen LogP contribution in [0.25, 0.3) is 0 Å². The van der Waals surface area contributed by atoms with Crippen molar-refractivity contribution < 1.29 is 5.11 Å². The number of aliphatic hydroxyl groups excluding tert-OH is 1. The van der Waals surface area contributed by atoms with Crippen LogP contribution in [0.3, 0.4) is 0 Å². The van der Waals surface area contributed by atoms with Gasteiger partial charge >= 0.3 is 0 Å². The lowest BCUT2D eigenvalue weighted by Crippen LogP contribution is -2.58. The number of nitrogens with one attached hydrogen (secondary N) is 1. The molecule has 1 aliphatic heterocycles. The molecule has 1 saturated heterocycles. The number of nitrogens with zero attached hydrogens (tertiary/aromatic N) is 1. The molecule has 2 rings (SSSR count). The lowest BCUT2D eigenvalue weighted by atomic mass is 9.82. The fraction of sp³-hybridized carbons (Fsp3) is 1.00. The highest BCUT2D eigenvalue weighted by Gasteiger charge is 2.36. The van der Waals surface area contributed by atoms with Gasteiger partial charge in [-0.2, -0.15) is 0 Å². The van der Waals surface area contributed by atoms with E-state index in [2.05, 4.69) is 10.2 Å². The molecule has 2 fully saturated rings. The largest absolute Gasteiger partial charge is 0.394 e. The van der Waals surface area contributed by atoms with Crippen LogP contribution in [-0.4, -0.2) is 48.3 Å². The third kappa shape index (κ3) is 2.76. The Bertz CT molecular complexity index is 194. The van der Waals surface area contributed by atoms with E-state index in [0.717, 1.165) is 26.2 Å². The first kappa shape index (κ1) is 12.3. The van der Waals surface area contributed by atoms with Crippen molar-refractivity contribution in [2.75, 3.05) is 32.8 Å². The first-order chi connectivity index (χ1) is 7.87. The summed E-state index contributed by atoms with van der Waals surface area (Å²) in [5, 5.41) is 13.2. The van der Waals surface area contributed by atoms with Gasteiger partial charge in [-0.25, -0.2) is 0 Å². The molecule has 1 aliphatic carbocycles. The molecule has 0 atom stereocenters. The Hall–Kier alpha value is -0.120. The summed E-state index contributed by atoms with van der Waals surface area (Å²) in [6.07, 6.45) is 9.09. The zero-order chi connectivity index (χ0) is 11.3. The molecular formula is C13H26N2O. The molecule has 16 heavy (non-hydrogen) atoms. The smallest absolute Gasteiger partial charge is 0.0615 e. The van der Waals surface area contributed by atoms with Crippen molar-refractivity contribution in [1.29, 1.82) is 0 Å². The summed E-state index contributed by atoms with van der Waals surface area (Å²) in [6, 6.07) is 0. The van der Waals surface area contributed by atoms with Gasteiger partial charge in [-0.1, -0.05) is 32.1 Å². The zero-order valence-electron chi connectivity index (χ0n) is 10.4. The maximum atomic E-state index is 9.85. The van der Waals surface area contributed by atoms with Gasteiger partial charge in [0.1, 0.15) is 0 Å². The molecule has 2 aliphatic rings. The van der Waals surface area contributed by atoms with Crippen molar-refractivity contribution in [3.63, 3.8) is 0 Å². The van der Waals surface area contributed by atoms with E-state index in [-0.39, 0.29) is 5.54 Å². The van der Waals surface area contributed by atoms with Gasteiger partial charge in [-0.05, 0) is 12.8 Å². The highest BCUT2D eigenvalue weighted by molar-refractivity contribution is 4.92. The van der Waals surface area contributed by atoms with Crippen LogP contribution in [0.2, 0.25) is 0 Å². The summed E-state index contributed by atoms with van der Waals surface area (Å²) in [4.78, 5) is 2.55. The van der Waals surface area contributed by atoms with Crippen molar-refractivity contribution in [3.8, 4) is 0 Å². The third-order valence-corrected chi connectivity index (χ3v) is 4.37. The van der Waals surface area contributed by atoms with Gasteiger partial charge in [0, 0.05) is 31.7 Å². The molecular weight excluding hydrogens is 200 g/mol. The van der Waals surface area contributed by atoms with Crippen LogP contribution in [0.5, 0.6) is 0 Å². The van der Waals surface area contributed by atoms with Crippen LogP contribution in [-0.2, 0) is 0 Å². The zero-order valence-corrected chi connectivity index (χ0v) is 10.4. The second kappa shape index (κ2) is 5.99. The summed E-state index contributed by atoms with van der Waals surface area (Å²) >= 11 is 0. The molecule has 3 heteroatoms. The summed E-state index contributed by atoms with van der Waals surface area (Å²) < 4.78 is 0. The first-order valence-electron chi connectivity index (χ1n) is 6.94. The standard InChI is InChI=1S/C13H26N2O/c16-12-13(15-10-8-14-9-11-15)6-4-2-1-3-5-7-13/h14,16H,1-12H2. The van der Waals surface area contributed by atoms with Gasteiger partial charge in [0.25, 0.3) is 0 Å². The van der Waals surface area contributed by atoms with Crippen molar-refractivity contribution in [2.24, 2.45) is 0 Å². The van der Waals surface area contributed by atoms with Crippen LogP contribution in [0.15, 0.2) is 0 Å². The van der Waals surface area contributed by atoms with E-state index in [4.69, 9.17) is 0 Å². The Morgan fingerprint density at radius 1 is 0.938 bits per heavy atom. The van der Waals surface area contributed by atoms with E-state index < -0.39 is 0 Å². The molecule has 0 radical (unpaired) electrons. The van der Waals surface area contributed by atoms with Crippen molar-refractivity contribution in [3.05, 3.63) is 0 Å². The topological polar surface area (TPSA) is 35.5 Å². The summed E-state index contributed by atoms with van der Waals surface area (Å²) in [6.45, 7) is 4.75. The molecule has 2 N–H and O–H groups in total. The minimum Gasteiger partial charge on any atom is -0.394 e. The van der Waals surface area contributed by atoms with Gasteiger partial charge in [-0.3, -0.25) is 4.90 Å². The Balaban J connectivity index is 2.01. The number of aliphatic hydroxyl groups is 1. The van der Waals surface area contributed by atoms with E-state index in [9.17, 15) is 5.11 Å². The molecule has 0 spiro atoms. The number of hydrogen-bond acceptors (Lipinski definition) is 3. The van der Waals surface area contributed by atoms with Gasteiger partial charge in [0.15, 0.2) is 0 Å². The lowest BCUT2D eigenvalue weighted by molar-refractivity contribution is 0.00118. The van der Waals surface area contributed by atoms with E-state index in [1.165, 1.54) is 44.9 Å². The SMILES string of the molecule is OCC1(N2CCNCC2)CCCCCCC1. The van der Waals surface area contributed by atoms with Crippen LogP contribution < -0.4 is 5.32 Å². The number of hydrogen-bond donors (Lipinski definition) is 2. The van der Waals surface area contributed by atoms with Crippen molar-refractivity contribution in [1.82, 2.24) is 10.2 Å². The fourth-order valence-electron chi connectivity index (χ4n) is 3.28. The number of piperazine rings is 1. The Morgan fingerprint density at radius 2 is 1.50 bits per heavy atom. The van der Waals surface area contributed by atoms with Crippen LogP contribution in [0.1, 0.15) is 44.9 Å². The molecule has 0 bridgehead atoms. The van der Waals surface area contributed by atoms with Crippen molar-refractivity contribution in [2.45, 2.75) is 50.5 Å². The van der Waals surface area contributed by atoms with Crippen molar-refractivity contribution >= 4 is 0 Å². The molecule has 94 valence electrons. The third-order valence-electron chi connectivity index (χ3n) is 4.37. The van der Waals surface area contributed by atoms with Gasteiger partial charge in [0.05, 0.1) is 6.61 Å². The quantitative estimate of drug-likeness (QED) is 0.746. The second-order valence-corrected chi connectivity index (χ2v) is 5.39. The summed E-state index contributed by atoms with van der Waals surface area (Å²) in [5.41, 5.74) is 0.114. The average molecular weight is 226 g/mol. The summed E-state index contributed by atoms with van der Waals surface area (Å²) in [5.74, 6) is 0. The minimum atomic E-state index is 0.114. The molecule has 3 nitrogen and oxygen atoms in total. The molecule has 0 aromatic rings. The maximum Gasteiger partial charge on any atom is 0.0615 e. The van der Waals surface area contributed by atoms with E-state index >= 15 is 0 Å². The second-order valence-electron chi connectivity index (χ2n) is 5.39. The molecule has 0 amide bonds. The first-order valence-corrected chi connectivity index (χ1v) is 6.94. The normalized spacial score (nSPS) is 28.3. The van der Waals surface area contributed by atoms with Gasteiger partial charge in [0.2, 0.25) is 0 Å². The number of rotatable bonds is 2. The Kier molecular flexibility index (Phi) is 4.62. The predicted octanol–water partition coefficient (Wildman–Crippen LogP) is 1.37. The van der Waals surface area contributed by atoms with Crippen LogP contribution in [0, 0.1) is 0 Å². The highest BCUT2D eigenvalue weighted by Crippen LogP contribution is 2.31. The van der Waals surface area contributed by atoms with Gasteiger partial charge < -0.3 is 10.4 Å². The Labute approximate surface area is 99.2 Å². The van der Waals surface area contributed by atoms with Gasteiger partial charge in [-0.15, -0.1) is 0 Å². The molecule has 1 heterocycles. The molecule has 1 saturated carbocycles.